The standard InChI is InChI=1S/C22H37N5O3.HI/c1-6-23-22(24-15-18(4)30-20-9-7-8-19(14-20)29-5)27-12-10-26(11-13-27)16-21(28)25-17(2)3;/h7-9,14,17-18H,6,10-13,15-16H2,1-5H3,(H,23,24)(H,25,28);1H. The number of piperazine rings is 1. The van der Waals surface area contributed by atoms with Crippen LogP contribution in [0.1, 0.15) is 27.7 Å². The Morgan fingerprint density at radius 2 is 1.84 bits per heavy atom. The summed E-state index contributed by atoms with van der Waals surface area (Å²) in [4.78, 5) is 21.2. The van der Waals surface area contributed by atoms with Crippen LogP contribution in [0.25, 0.3) is 0 Å². The summed E-state index contributed by atoms with van der Waals surface area (Å²) in [6.07, 6.45) is -0.0632. The number of hydrogen-bond donors (Lipinski definition) is 2. The van der Waals surface area contributed by atoms with Crippen molar-refractivity contribution in [2.24, 2.45) is 4.99 Å². The lowest BCUT2D eigenvalue weighted by Gasteiger charge is -2.36. The number of carbonyl (C=O) groups is 1. The number of amides is 1. The minimum atomic E-state index is -0.0632. The molecule has 31 heavy (non-hydrogen) atoms. The van der Waals surface area contributed by atoms with Crippen LogP contribution >= 0.6 is 24.0 Å². The second-order valence-corrected chi connectivity index (χ2v) is 7.79. The quantitative estimate of drug-likeness (QED) is 0.281. The summed E-state index contributed by atoms with van der Waals surface area (Å²) >= 11 is 0. The van der Waals surface area contributed by atoms with Crippen LogP contribution in [-0.2, 0) is 4.79 Å². The fourth-order valence-electron chi connectivity index (χ4n) is 3.27. The maximum Gasteiger partial charge on any atom is 0.234 e. The van der Waals surface area contributed by atoms with Gasteiger partial charge in [-0.1, -0.05) is 6.07 Å². The van der Waals surface area contributed by atoms with E-state index in [1.54, 1.807) is 7.11 Å². The molecule has 1 aromatic carbocycles. The van der Waals surface area contributed by atoms with Crippen LogP contribution in [0, 0.1) is 0 Å². The number of nitrogens with zero attached hydrogens (tertiary/aromatic N) is 3. The number of halogens is 1. The van der Waals surface area contributed by atoms with Crippen molar-refractivity contribution < 1.29 is 14.3 Å². The number of guanidine groups is 1. The first kappa shape index (κ1) is 27.3. The Balaban J connectivity index is 0.00000480. The first-order chi connectivity index (χ1) is 14.4. The van der Waals surface area contributed by atoms with Gasteiger partial charge in [-0.2, -0.15) is 0 Å². The fourth-order valence-corrected chi connectivity index (χ4v) is 3.27. The van der Waals surface area contributed by atoms with Gasteiger partial charge < -0.3 is 25.0 Å². The topological polar surface area (TPSA) is 78.4 Å². The van der Waals surface area contributed by atoms with E-state index in [9.17, 15) is 4.79 Å². The summed E-state index contributed by atoms with van der Waals surface area (Å²) in [6.45, 7) is 13.2. The zero-order chi connectivity index (χ0) is 21.9. The molecule has 1 atom stereocenters. The summed E-state index contributed by atoms with van der Waals surface area (Å²) in [5.41, 5.74) is 0. The van der Waals surface area contributed by atoms with Crippen LogP contribution in [0.2, 0.25) is 0 Å². The Kier molecular flexibility index (Phi) is 12.6. The number of carbonyl (C=O) groups excluding carboxylic acids is 1. The van der Waals surface area contributed by atoms with E-state index >= 15 is 0 Å². The van der Waals surface area contributed by atoms with Crippen LogP contribution in [-0.4, -0.2) is 86.7 Å². The van der Waals surface area contributed by atoms with Gasteiger partial charge in [0.15, 0.2) is 5.96 Å². The number of aliphatic imine (C=N–C) groups is 1. The van der Waals surface area contributed by atoms with Gasteiger partial charge in [0.1, 0.15) is 17.6 Å². The van der Waals surface area contributed by atoms with E-state index in [1.807, 2.05) is 45.0 Å². The highest BCUT2D eigenvalue weighted by Crippen LogP contribution is 2.20. The smallest absolute Gasteiger partial charge is 0.234 e. The Labute approximate surface area is 203 Å². The van der Waals surface area contributed by atoms with Crippen LogP contribution in [0.4, 0.5) is 0 Å². The van der Waals surface area contributed by atoms with Crippen molar-refractivity contribution >= 4 is 35.8 Å². The summed E-state index contributed by atoms with van der Waals surface area (Å²) < 4.78 is 11.2. The van der Waals surface area contributed by atoms with Gasteiger partial charge in [0.2, 0.25) is 5.91 Å². The molecule has 0 bridgehead atoms. The van der Waals surface area contributed by atoms with Crippen molar-refractivity contribution in [3.8, 4) is 11.5 Å². The number of hydrogen-bond acceptors (Lipinski definition) is 5. The first-order valence-corrected chi connectivity index (χ1v) is 10.8. The fraction of sp³-hybridized carbons (Fsp3) is 0.636. The highest BCUT2D eigenvalue weighted by Gasteiger charge is 2.21. The zero-order valence-electron chi connectivity index (χ0n) is 19.4. The molecule has 0 radical (unpaired) electrons. The van der Waals surface area contributed by atoms with Crippen LogP contribution in [0.5, 0.6) is 11.5 Å². The van der Waals surface area contributed by atoms with E-state index < -0.39 is 0 Å². The second-order valence-electron chi connectivity index (χ2n) is 7.79. The van der Waals surface area contributed by atoms with E-state index in [0.29, 0.717) is 13.1 Å². The molecule has 1 aliphatic heterocycles. The molecule has 0 aliphatic carbocycles. The molecule has 1 amide bonds. The molecule has 0 spiro atoms. The molecule has 8 nitrogen and oxygen atoms in total. The van der Waals surface area contributed by atoms with Gasteiger partial charge in [-0.25, -0.2) is 4.99 Å². The molecular formula is C22H38IN5O3. The molecule has 1 aromatic rings. The third kappa shape index (κ3) is 9.94. The number of benzene rings is 1. The minimum absolute atomic E-state index is 0. The number of nitrogens with one attached hydrogen (secondary N) is 2. The van der Waals surface area contributed by atoms with E-state index in [1.165, 1.54) is 0 Å². The van der Waals surface area contributed by atoms with Crippen LogP contribution in [0.3, 0.4) is 0 Å². The van der Waals surface area contributed by atoms with Gasteiger partial charge in [-0.15, -0.1) is 24.0 Å². The highest BCUT2D eigenvalue weighted by molar-refractivity contribution is 14.0. The van der Waals surface area contributed by atoms with Gasteiger partial charge in [-0.05, 0) is 39.8 Å². The summed E-state index contributed by atoms with van der Waals surface area (Å²) in [7, 11) is 1.64. The average molecular weight is 547 g/mol. The number of methoxy groups -OCH3 is 1. The minimum Gasteiger partial charge on any atom is -0.497 e. The molecule has 9 heteroatoms. The molecule has 0 aromatic heterocycles. The monoisotopic (exact) mass is 547 g/mol. The number of rotatable bonds is 9. The predicted molar refractivity (Wildman–Crippen MR) is 136 cm³/mol. The van der Waals surface area contributed by atoms with Crippen LogP contribution in [0.15, 0.2) is 29.3 Å². The molecule has 1 aliphatic rings. The Bertz CT molecular complexity index is 693. The van der Waals surface area contributed by atoms with E-state index in [4.69, 9.17) is 14.5 Å². The summed E-state index contributed by atoms with van der Waals surface area (Å²) in [5, 5.41) is 6.33. The van der Waals surface area contributed by atoms with Gasteiger partial charge in [0.05, 0.1) is 20.2 Å². The Hall–Kier alpha value is -1.75. The Morgan fingerprint density at radius 3 is 2.45 bits per heavy atom. The largest absolute Gasteiger partial charge is 0.497 e. The molecule has 1 fully saturated rings. The lowest BCUT2D eigenvalue weighted by molar-refractivity contribution is -0.123. The third-order valence-electron chi connectivity index (χ3n) is 4.70. The van der Waals surface area contributed by atoms with Crippen molar-refractivity contribution in [3.05, 3.63) is 24.3 Å². The van der Waals surface area contributed by atoms with Gasteiger partial charge in [-0.3, -0.25) is 9.69 Å². The van der Waals surface area contributed by atoms with Crippen molar-refractivity contribution in [1.82, 2.24) is 20.4 Å². The molecule has 2 N–H and O–H groups in total. The Morgan fingerprint density at radius 1 is 1.16 bits per heavy atom. The molecule has 176 valence electrons. The molecule has 2 rings (SSSR count). The predicted octanol–water partition coefficient (Wildman–Crippen LogP) is 2.19. The van der Waals surface area contributed by atoms with Gasteiger partial charge in [0.25, 0.3) is 0 Å². The normalized spacial score (nSPS) is 15.8. The lowest BCUT2D eigenvalue weighted by atomic mass is 10.3. The van der Waals surface area contributed by atoms with E-state index in [2.05, 4.69) is 27.4 Å². The maximum atomic E-state index is 12.0. The van der Waals surface area contributed by atoms with Gasteiger partial charge in [0, 0.05) is 44.8 Å². The first-order valence-electron chi connectivity index (χ1n) is 10.8. The molecule has 1 unspecified atom stereocenters. The maximum absolute atomic E-state index is 12.0. The number of ether oxygens (including phenoxy) is 2. The molecule has 1 saturated heterocycles. The van der Waals surface area contributed by atoms with Crippen molar-refractivity contribution in [3.63, 3.8) is 0 Å². The van der Waals surface area contributed by atoms with E-state index in [0.717, 1.165) is 50.2 Å². The molecular weight excluding hydrogens is 509 g/mol. The van der Waals surface area contributed by atoms with E-state index in [-0.39, 0.29) is 42.0 Å². The van der Waals surface area contributed by atoms with Crippen molar-refractivity contribution in [2.75, 3.05) is 52.9 Å². The zero-order valence-corrected chi connectivity index (χ0v) is 21.7. The van der Waals surface area contributed by atoms with Crippen LogP contribution < -0.4 is 20.1 Å². The second kappa shape index (κ2) is 14.3. The SMILES string of the molecule is CCNC(=NCC(C)Oc1cccc(OC)c1)N1CCN(CC(=O)NC(C)C)CC1.I. The lowest BCUT2D eigenvalue weighted by Crippen LogP contribution is -2.54. The molecule has 0 saturated carbocycles. The summed E-state index contributed by atoms with van der Waals surface area (Å²) in [5.74, 6) is 2.53. The van der Waals surface area contributed by atoms with Crippen molar-refractivity contribution in [1.29, 1.82) is 0 Å². The highest BCUT2D eigenvalue weighted by atomic mass is 127. The summed E-state index contributed by atoms with van der Waals surface area (Å²) in [6, 6.07) is 7.77. The molecule has 1 heterocycles. The average Bonchev–Trinajstić information content (AvgIpc) is 2.71. The van der Waals surface area contributed by atoms with Gasteiger partial charge >= 0.3 is 0 Å². The third-order valence-corrected chi connectivity index (χ3v) is 4.70. The van der Waals surface area contributed by atoms with Crippen molar-refractivity contribution in [2.45, 2.75) is 39.8 Å².